The molecule has 2 aliphatic rings. The number of benzene rings is 1. The van der Waals surface area contributed by atoms with Gasteiger partial charge >= 0.3 is 11.9 Å². The van der Waals surface area contributed by atoms with Gasteiger partial charge in [-0.05, 0) is 12.1 Å². The number of halogens is 3. The number of carbonyl (C=O) groups excluding carboxylic acids is 3. The van der Waals surface area contributed by atoms with Crippen LogP contribution in [-0.2, 0) is 38.1 Å². The van der Waals surface area contributed by atoms with Crippen molar-refractivity contribution in [2.75, 3.05) is 39.4 Å². The van der Waals surface area contributed by atoms with Gasteiger partial charge in [-0.2, -0.15) is 0 Å². The predicted molar refractivity (Wildman–Crippen MR) is 185 cm³/mol. The van der Waals surface area contributed by atoms with Crippen LogP contribution in [0.1, 0.15) is 32.9 Å². The molecule has 0 spiro atoms. The summed E-state index contributed by atoms with van der Waals surface area (Å²) in [6.07, 6.45) is -0.312. The fourth-order valence-corrected chi connectivity index (χ4v) is 7.70. The van der Waals surface area contributed by atoms with Crippen molar-refractivity contribution in [1.82, 2.24) is 40.0 Å². The summed E-state index contributed by atoms with van der Waals surface area (Å²) in [5, 5.41) is 30.1. The summed E-state index contributed by atoms with van der Waals surface area (Å²) in [5.41, 5.74) is -0.943. The molecular formula is C33H36F3N9O10S. The molecule has 8 atom stereocenters. The van der Waals surface area contributed by atoms with Gasteiger partial charge in [0.15, 0.2) is 40.9 Å². The monoisotopic (exact) mass is 807 g/mol. The number of aliphatic hydroxyl groups is 1. The van der Waals surface area contributed by atoms with Crippen molar-refractivity contribution in [2.24, 2.45) is 0 Å². The van der Waals surface area contributed by atoms with Crippen molar-refractivity contribution in [3.05, 3.63) is 48.2 Å². The maximum Gasteiger partial charge on any atom is 0.303 e. The van der Waals surface area contributed by atoms with Crippen molar-refractivity contribution < 1.29 is 61.1 Å². The van der Waals surface area contributed by atoms with Crippen LogP contribution in [0, 0.1) is 17.5 Å². The highest BCUT2D eigenvalue weighted by atomic mass is 32.2. The SMILES string of the molecule is COc1cnc(-c2cn([C@H]3COC[C@@H](S[C@@H]4O[C@H](COC(C)=O)[C@H](OC(C)=O)[C@H](n5cc(-c6cc(F)c(F)c(F)c6)nn5)[C@H]4OC)[C@@H]3O)nn2)nc1NC(C)=O. The van der Waals surface area contributed by atoms with E-state index in [4.69, 9.17) is 28.4 Å². The summed E-state index contributed by atoms with van der Waals surface area (Å²) in [5.74, 6) is -5.81. The summed E-state index contributed by atoms with van der Waals surface area (Å²) in [6.45, 7) is 3.37. The molecule has 0 unspecified atom stereocenters. The zero-order valence-corrected chi connectivity index (χ0v) is 31.2. The van der Waals surface area contributed by atoms with Gasteiger partial charge in [0.25, 0.3) is 0 Å². The Hall–Kier alpha value is -5.23. The lowest BCUT2D eigenvalue weighted by Crippen LogP contribution is -2.58. The Labute approximate surface area is 320 Å². The van der Waals surface area contributed by atoms with Crippen molar-refractivity contribution in [3.63, 3.8) is 0 Å². The number of thioether (sulfide) groups is 1. The second-order valence-corrected chi connectivity index (χ2v) is 13.9. The molecule has 19 nitrogen and oxygen atoms in total. The molecule has 2 N–H and O–H groups in total. The normalized spacial score (nSPS) is 25.0. The van der Waals surface area contributed by atoms with Gasteiger partial charge < -0.3 is 38.8 Å². The van der Waals surface area contributed by atoms with Gasteiger partial charge in [0, 0.05) is 33.4 Å². The van der Waals surface area contributed by atoms with Gasteiger partial charge in [-0.25, -0.2) is 32.5 Å². The summed E-state index contributed by atoms with van der Waals surface area (Å²) in [4.78, 5) is 44.6. The van der Waals surface area contributed by atoms with Gasteiger partial charge in [-0.15, -0.1) is 22.0 Å². The number of rotatable bonds is 12. The van der Waals surface area contributed by atoms with E-state index in [1.54, 1.807) is 0 Å². The minimum Gasteiger partial charge on any atom is -0.491 e. The molecule has 1 amide bonds. The zero-order valence-electron chi connectivity index (χ0n) is 30.4. The molecular weight excluding hydrogens is 771 g/mol. The first-order chi connectivity index (χ1) is 26.8. The molecule has 2 saturated heterocycles. The summed E-state index contributed by atoms with van der Waals surface area (Å²) < 4.78 is 79.0. The molecule has 3 aromatic heterocycles. The van der Waals surface area contributed by atoms with Crippen LogP contribution < -0.4 is 10.1 Å². The highest BCUT2D eigenvalue weighted by Crippen LogP contribution is 2.42. The number of carbonyl (C=O) groups is 3. The molecule has 2 fully saturated rings. The van der Waals surface area contributed by atoms with E-state index in [0.717, 1.165) is 30.8 Å². The van der Waals surface area contributed by atoms with Gasteiger partial charge in [0.1, 0.15) is 47.7 Å². The number of aliphatic hydroxyl groups excluding tert-OH is 1. The van der Waals surface area contributed by atoms with Crippen molar-refractivity contribution in [2.45, 2.75) is 68.0 Å². The van der Waals surface area contributed by atoms with Crippen molar-refractivity contribution in [1.29, 1.82) is 0 Å². The van der Waals surface area contributed by atoms with E-state index in [2.05, 4.69) is 35.9 Å². The fraction of sp³-hybridized carbons (Fsp3) is 0.485. The van der Waals surface area contributed by atoms with Crippen LogP contribution in [0.25, 0.3) is 22.8 Å². The van der Waals surface area contributed by atoms with E-state index in [0.29, 0.717) is 0 Å². The average Bonchev–Trinajstić information content (AvgIpc) is 3.85. The van der Waals surface area contributed by atoms with Gasteiger partial charge in [0.2, 0.25) is 5.91 Å². The molecule has 56 heavy (non-hydrogen) atoms. The Balaban J connectivity index is 1.28. The molecule has 4 aromatic rings. The van der Waals surface area contributed by atoms with Crippen LogP contribution >= 0.6 is 11.8 Å². The maximum absolute atomic E-state index is 14.1. The minimum absolute atomic E-state index is 0.0411. The molecule has 0 saturated carbocycles. The van der Waals surface area contributed by atoms with Gasteiger partial charge in [0.05, 0.1) is 50.3 Å². The van der Waals surface area contributed by atoms with Crippen molar-refractivity contribution >= 4 is 35.4 Å². The van der Waals surface area contributed by atoms with E-state index < -0.39 is 76.6 Å². The second-order valence-electron chi connectivity index (χ2n) is 12.6. The van der Waals surface area contributed by atoms with Gasteiger partial charge in [-0.1, -0.05) is 10.4 Å². The van der Waals surface area contributed by atoms with Crippen molar-refractivity contribution in [3.8, 4) is 28.5 Å². The minimum atomic E-state index is -1.66. The first kappa shape index (κ1) is 40.4. The Morgan fingerprint density at radius 2 is 1.68 bits per heavy atom. The average molecular weight is 808 g/mol. The maximum atomic E-state index is 14.1. The lowest BCUT2D eigenvalue weighted by molar-refractivity contribution is -0.208. The second kappa shape index (κ2) is 17.3. The molecule has 2 aliphatic heterocycles. The number of ether oxygens (including phenoxy) is 6. The van der Waals surface area contributed by atoms with Crippen LogP contribution in [0.3, 0.4) is 0 Å². The number of anilines is 1. The molecule has 1 aromatic carbocycles. The summed E-state index contributed by atoms with van der Waals surface area (Å²) in [6, 6.07) is -0.324. The Kier molecular flexibility index (Phi) is 12.5. The van der Waals surface area contributed by atoms with E-state index >= 15 is 0 Å². The number of nitrogens with one attached hydrogen (secondary N) is 1. The van der Waals surface area contributed by atoms with E-state index in [1.165, 1.54) is 56.0 Å². The van der Waals surface area contributed by atoms with Crippen LogP contribution in [0.4, 0.5) is 19.0 Å². The largest absolute Gasteiger partial charge is 0.491 e. The first-order valence-electron chi connectivity index (χ1n) is 16.9. The number of nitrogens with zero attached hydrogens (tertiary/aromatic N) is 8. The highest BCUT2D eigenvalue weighted by molar-refractivity contribution is 8.00. The number of methoxy groups -OCH3 is 2. The molecule has 300 valence electrons. The number of esters is 2. The molecule has 5 heterocycles. The van der Waals surface area contributed by atoms with Crippen LogP contribution in [0.2, 0.25) is 0 Å². The molecule has 0 bridgehead atoms. The quantitative estimate of drug-likeness (QED) is 0.154. The standard InChI is InChI=1S/C33H36F3N9O10S/c1-14(46)38-32-23(50-4)8-37-31(39-32)21-10-44(42-41-21)22-11-52-13-25(28(22)49)56-33-30(51-5)27(29(54-16(3)48)24(55-33)12-53-15(2)47)45-9-20(40-43-45)17-6-18(34)26(36)19(35)7-17/h6-10,22,24-25,27-30,33,49H,11-13H2,1-5H3,(H,37,38,39,46)/t22-,24+,25+,27-,28+,29-,30+,33-/m0/s1. The van der Waals surface area contributed by atoms with E-state index in [1.807, 2.05) is 0 Å². The number of hydrogen-bond donors (Lipinski definition) is 2. The third-order valence-electron chi connectivity index (χ3n) is 8.74. The summed E-state index contributed by atoms with van der Waals surface area (Å²) >= 11 is 1.12. The Bertz CT molecular complexity index is 2050. The number of amides is 1. The van der Waals surface area contributed by atoms with Crippen LogP contribution in [-0.4, -0.2) is 132 Å². The molecule has 0 radical (unpaired) electrons. The number of hydrogen-bond acceptors (Lipinski definition) is 17. The fourth-order valence-electron chi connectivity index (χ4n) is 6.20. The lowest BCUT2D eigenvalue weighted by Gasteiger charge is -2.46. The third-order valence-corrected chi connectivity index (χ3v) is 10.2. The first-order valence-corrected chi connectivity index (χ1v) is 17.8. The topological polar surface area (TPSA) is 226 Å². The van der Waals surface area contributed by atoms with E-state index in [-0.39, 0.29) is 60.1 Å². The van der Waals surface area contributed by atoms with E-state index in [9.17, 15) is 32.7 Å². The predicted octanol–water partition coefficient (Wildman–Crippen LogP) is 1.89. The summed E-state index contributed by atoms with van der Waals surface area (Å²) in [7, 11) is 2.76. The Morgan fingerprint density at radius 3 is 2.34 bits per heavy atom. The Morgan fingerprint density at radius 1 is 0.982 bits per heavy atom. The lowest BCUT2D eigenvalue weighted by atomic mass is 9.96. The van der Waals surface area contributed by atoms with Gasteiger partial charge in [-0.3, -0.25) is 14.4 Å². The number of aromatic nitrogens is 8. The zero-order chi connectivity index (χ0) is 40.3. The van der Waals surface area contributed by atoms with Crippen LogP contribution in [0.5, 0.6) is 5.75 Å². The van der Waals surface area contributed by atoms with Crippen LogP contribution in [0.15, 0.2) is 30.7 Å². The molecule has 6 rings (SSSR count). The molecule has 23 heteroatoms. The third kappa shape index (κ3) is 8.75. The highest BCUT2D eigenvalue weighted by Gasteiger charge is 2.52. The smallest absolute Gasteiger partial charge is 0.303 e. The molecule has 0 aliphatic carbocycles.